The molecule has 1 saturated carbocycles. The van der Waals surface area contributed by atoms with Crippen LogP contribution >= 0.6 is 0 Å². The van der Waals surface area contributed by atoms with Gasteiger partial charge in [0.05, 0.1) is 6.26 Å². The number of carbonyl (C=O) groups excluding carboxylic acids is 1. The van der Waals surface area contributed by atoms with Crippen molar-refractivity contribution in [3.63, 3.8) is 0 Å². The molecule has 0 unspecified atom stereocenters. The van der Waals surface area contributed by atoms with Gasteiger partial charge in [-0.05, 0) is 31.8 Å². The minimum absolute atomic E-state index is 0.310. The molecule has 2 rings (SSSR count). The lowest BCUT2D eigenvalue weighted by Gasteiger charge is -2.26. The summed E-state index contributed by atoms with van der Waals surface area (Å²) >= 11 is 0. The molecule has 0 aromatic heterocycles. The topological polar surface area (TPSA) is 35.5 Å². The van der Waals surface area contributed by atoms with Crippen molar-refractivity contribution in [2.24, 2.45) is 0 Å². The predicted molar refractivity (Wildman–Crippen MR) is 37.9 cm³/mol. The lowest BCUT2D eigenvalue weighted by molar-refractivity contribution is -0.00499. The maximum absolute atomic E-state index is 10.7. The number of cyclic esters (lactones) is 1. The molecule has 1 fully saturated rings. The summed E-state index contributed by atoms with van der Waals surface area (Å²) in [5.74, 6) is 0. The molecular formula is C8H10O3. The summed E-state index contributed by atoms with van der Waals surface area (Å²) in [6.45, 7) is 0. The van der Waals surface area contributed by atoms with Crippen molar-refractivity contribution in [2.45, 2.75) is 31.3 Å². The van der Waals surface area contributed by atoms with Crippen LogP contribution in [-0.2, 0) is 9.47 Å². The molecule has 0 bridgehead atoms. The first-order valence-electron chi connectivity index (χ1n) is 3.88. The largest absolute Gasteiger partial charge is 0.514 e. The molecule has 3 nitrogen and oxygen atoms in total. The summed E-state index contributed by atoms with van der Waals surface area (Å²) in [7, 11) is 0. The highest BCUT2D eigenvalue weighted by molar-refractivity contribution is 5.63. The molecular weight excluding hydrogens is 144 g/mol. The van der Waals surface area contributed by atoms with Crippen molar-refractivity contribution in [3.8, 4) is 0 Å². The van der Waals surface area contributed by atoms with Crippen LogP contribution < -0.4 is 0 Å². The zero-order valence-electron chi connectivity index (χ0n) is 6.21. The van der Waals surface area contributed by atoms with Crippen molar-refractivity contribution in [1.29, 1.82) is 0 Å². The predicted octanol–water partition coefficient (Wildman–Crippen LogP) is 1.98. The minimum atomic E-state index is -0.561. The van der Waals surface area contributed by atoms with Crippen LogP contribution in [0, 0.1) is 0 Å². The van der Waals surface area contributed by atoms with E-state index in [4.69, 9.17) is 4.74 Å². The first kappa shape index (κ1) is 6.70. The second-order valence-corrected chi connectivity index (χ2v) is 3.04. The first-order chi connectivity index (χ1) is 5.31. The molecule has 1 spiro atoms. The first-order valence-corrected chi connectivity index (χ1v) is 3.88. The normalized spacial score (nSPS) is 26.7. The second kappa shape index (κ2) is 2.26. The van der Waals surface area contributed by atoms with Gasteiger partial charge >= 0.3 is 6.16 Å². The van der Waals surface area contributed by atoms with E-state index in [0.29, 0.717) is 0 Å². The van der Waals surface area contributed by atoms with Crippen molar-refractivity contribution in [2.75, 3.05) is 0 Å². The fraction of sp³-hybridized carbons (Fsp3) is 0.625. The Morgan fingerprint density at radius 2 is 2.09 bits per heavy atom. The summed E-state index contributed by atoms with van der Waals surface area (Å²) in [5, 5.41) is 0. The molecule has 0 radical (unpaired) electrons. The van der Waals surface area contributed by atoms with Crippen molar-refractivity contribution >= 4 is 6.16 Å². The number of carbonyl (C=O) groups is 1. The number of rotatable bonds is 0. The number of hydrogen-bond donors (Lipinski definition) is 0. The van der Waals surface area contributed by atoms with Crippen LogP contribution in [0.15, 0.2) is 12.3 Å². The fourth-order valence-electron chi connectivity index (χ4n) is 1.68. The maximum atomic E-state index is 10.7. The Hall–Kier alpha value is -0.990. The minimum Gasteiger partial charge on any atom is -0.423 e. The van der Waals surface area contributed by atoms with Crippen LogP contribution in [0.1, 0.15) is 25.7 Å². The van der Waals surface area contributed by atoms with Gasteiger partial charge in [0, 0.05) is 0 Å². The molecule has 60 valence electrons. The van der Waals surface area contributed by atoms with Crippen molar-refractivity contribution in [3.05, 3.63) is 12.3 Å². The Kier molecular flexibility index (Phi) is 1.37. The highest BCUT2D eigenvalue weighted by Crippen LogP contribution is 2.36. The Bertz CT molecular complexity index is 201. The summed E-state index contributed by atoms with van der Waals surface area (Å²) in [6, 6.07) is 0. The van der Waals surface area contributed by atoms with E-state index in [1.54, 1.807) is 0 Å². The van der Waals surface area contributed by atoms with Crippen LogP contribution in [0.3, 0.4) is 0 Å². The average Bonchev–Trinajstić information content (AvgIpc) is 2.37. The van der Waals surface area contributed by atoms with Crippen LogP contribution in [-0.4, -0.2) is 11.8 Å². The molecule has 1 heterocycles. The molecule has 1 aliphatic heterocycles. The Morgan fingerprint density at radius 3 is 2.73 bits per heavy atom. The Balaban J connectivity index is 2.18. The van der Waals surface area contributed by atoms with E-state index in [9.17, 15) is 4.79 Å². The molecule has 0 amide bonds. The zero-order chi connectivity index (χ0) is 7.73. The lowest BCUT2D eigenvalue weighted by atomic mass is 10.0. The smallest absolute Gasteiger partial charge is 0.423 e. The third-order valence-corrected chi connectivity index (χ3v) is 2.27. The Morgan fingerprint density at radius 1 is 1.36 bits per heavy atom. The van der Waals surface area contributed by atoms with Crippen molar-refractivity contribution in [1.82, 2.24) is 0 Å². The fourth-order valence-corrected chi connectivity index (χ4v) is 1.68. The average molecular weight is 154 g/mol. The van der Waals surface area contributed by atoms with E-state index in [2.05, 4.69) is 4.74 Å². The third kappa shape index (κ3) is 1.11. The van der Waals surface area contributed by atoms with Gasteiger partial charge in [0.1, 0.15) is 5.60 Å². The number of hydrogen-bond acceptors (Lipinski definition) is 3. The highest BCUT2D eigenvalue weighted by atomic mass is 16.7. The molecule has 0 aromatic carbocycles. The van der Waals surface area contributed by atoms with Gasteiger partial charge < -0.3 is 9.47 Å². The molecule has 11 heavy (non-hydrogen) atoms. The van der Waals surface area contributed by atoms with Gasteiger partial charge in [-0.3, -0.25) is 0 Å². The molecule has 0 N–H and O–H groups in total. The van der Waals surface area contributed by atoms with E-state index in [-0.39, 0.29) is 5.60 Å². The lowest BCUT2D eigenvalue weighted by Crippen LogP contribution is -2.32. The van der Waals surface area contributed by atoms with Gasteiger partial charge in [0.15, 0.2) is 0 Å². The second-order valence-electron chi connectivity index (χ2n) is 3.04. The standard InChI is InChI=1S/C8H10O3/c9-7-10-6-5-8(11-7)3-1-2-4-8/h5-6H,1-4H2. The van der Waals surface area contributed by atoms with E-state index in [0.717, 1.165) is 25.7 Å². The molecule has 0 aromatic rings. The SMILES string of the molecule is O=C1OC=CC2(CCCC2)O1. The maximum Gasteiger partial charge on any atom is 0.514 e. The van der Waals surface area contributed by atoms with E-state index in [1.807, 2.05) is 6.08 Å². The van der Waals surface area contributed by atoms with Crippen LogP contribution in [0.25, 0.3) is 0 Å². The van der Waals surface area contributed by atoms with Gasteiger partial charge in [-0.25, -0.2) is 4.79 Å². The monoisotopic (exact) mass is 154 g/mol. The molecule has 0 atom stereocenters. The van der Waals surface area contributed by atoms with Crippen LogP contribution in [0.2, 0.25) is 0 Å². The summed E-state index contributed by atoms with van der Waals surface area (Å²) < 4.78 is 9.61. The van der Waals surface area contributed by atoms with Gasteiger partial charge in [-0.15, -0.1) is 0 Å². The summed E-state index contributed by atoms with van der Waals surface area (Å²) in [5.41, 5.74) is -0.310. The summed E-state index contributed by atoms with van der Waals surface area (Å²) in [6.07, 6.45) is 6.89. The van der Waals surface area contributed by atoms with Gasteiger partial charge in [0.2, 0.25) is 0 Å². The third-order valence-electron chi connectivity index (χ3n) is 2.27. The number of ether oxygens (including phenoxy) is 2. The summed E-state index contributed by atoms with van der Waals surface area (Å²) in [4.78, 5) is 10.7. The quantitative estimate of drug-likeness (QED) is 0.500. The van der Waals surface area contributed by atoms with E-state index in [1.165, 1.54) is 6.26 Å². The van der Waals surface area contributed by atoms with Crippen LogP contribution in [0.4, 0.5) is 4.79 Å². The molecule has 1 aliphatic carbocycles. The molecule has 2 aliphatic rings. The highest BCUT2D eigenvalue weighted by Gasteiger charge is 2.37. The molecule has 0 saturated heterocycles. The van der Waals surface area contributed by atoms with E-state index >= 15 is 0 Å². The van der Waals surface area contributed by atoms with E-state index < -0.39 is 6.16 Å². The van der Waals surface area contributed by atoms with Gasteiger partial charge in [-0.1, -0.05) is 0 Å². The van der Waals surface area contributed by atoms with Gasteiger partial charge in [-0.2, -0.15) is 0 Å². The Labute approximate surface area is 65.0 Å². The van der Waals surface area contributed by atoms with Crippen molar-refractivity contribution < 1.29 is 14.3 Å². The molecule has 3 heteroatoms. The van der Waals surface area contributed by atoms with Crippen LogP contribution in [0.5, 0.6) is 0 Å². The van der Waals surface area contributed by atoms with Gasteiger partial charge in [0.25, 0.3) is 0 Å². The zero-order valence-corrected chi connectivity index (χ0v) is 6.21.